The van der Waals surface area contributed by atoms with Crippen LogP contribution in [0.25, 0.3) is 0 Å². The van der Waals surface area contributed by atoms with Crippen LogP contribution >= 0.6 is 0 Å². The second kappa shape index (κ2) is 4.74. The molecule has 0 saturated carbocycles. The topological polar surface area (TPSA) is 79.6 Å². The molecule has 2 heterocycles. The lowest BCUT2D eigenvalue weighted by molar-refractivity contribution is -0.176. The lowest BCUT2D eigenvalue weighted by Gasteiger charge is -2.50. The van der Waals surface area contributed by atoms with Crippen LogP contribution in [0.1, 0.15) is 27.7 Å². The molecule has 6 nitrogen and oxygen atoms in total. The van der Waals surface area contributed by atoms with E-state index < -0.39 is 29.1 Å². The highest BCUT2D eigenvalue weighted by Gasteiger charge is 2.56. The third kappa shape index (κ3) is 2.38. The SMILES string of the molecule is C[C@H]1C(C#N)C(=O)C2(COC2)CN1C(=O)OC(C)(C)C. The normalized spacial score (nSPS) is 28.8. The number of rotatable bonds is 0. The minimum Gasteiger partial charge on any atom is -0.444 e. The number of likely N-dealkylation sites (tertiary alicyclic amines) is 1. The zero-order chi connectivity index (χ0) is 15.1. The highest BCUT2D eigenvalue weighted by molar-refractivity contribution is 5.93. The molecular formula is C14H20N2O4. The van der Waals surface area contributed by atoms with Crippen molar-refractivity contribution in [2.45, 2.75) is 39.3 Å². The quantitative estimate of drug-likeness (QED) is 0.669. The molecule has 2 aliphatic heterocycles. The molecule has 2 aliphatic rings. The lowest BCUT2D eigenvalue weighted by atomic mass is 9.70. The van der Waals surface area contributed by atoms with Crippen LogP contribution in [0.4, 0.5) is 4.79 Å². The van der Waals surface area contributed by atoms with E-state index in [2.05, 4.69) is 0 Å². The van der Waals surface area contributed by atoms with Gasteiger partial charge in [-0.05, 0) is 27.7 Å². The fourth-order valence-corrected chi connectivity index (χ4v) is 2.58. The molecule has 1 unspecified atom stereocenters. The minimum atomic E-state index is -0.819. The first-order chi connectivity index (χ1) is 9.20. The monoisotopic (exact) mass is 280 g/mol. The van der Waals surface area contributed by atoms with Crippen molar-refractivity contribution in [2.24, 2.45) is 11.3 Å². The molecule has 0 aliphatic carbocycles. The first-order valence-electron chi connectivity index (χ1n) is 6.71. The zero-order valence-electron chi connectivity index (χ0n) is 12.3. The van der Waals surface area contributed by atoms with E-state index in [-0.39, 0.29) is 25.5 Å². The molecule has 2 saturated heterocycles. The summed E-state index contributed by atoms with van der Waals surface area (Å²) in [6.45, 7) is 7.88. The molecule has 6 heteroatoms. The number of Topliss-reactive ketones (excluding diaryl/α,β-unsaturated/α-hetero) is 1. The van der Waals surface area contributed by atoms with E-state index in [0.717, 1.165) is 0 Å². The average Bonchev–Trinajstić information content (AvgIpc) is 2.25. The van der Waals surface area contributed by atoms with E-state index in [4.69, 9.17) is 9.47 Å². The average molecular weight is 280 g/mol. The second-order valence-electron chi connectivity index (χ2n) is 6.59. The largest absolute Gasteiger partial charge is 0.444 e. The second-order valence-corrected chi connectivity index (χ2v) is 6.59. The van der Waals surface area contributed by atoms with Gasteiger partial charge in [-0.15, -0.1) is 0 Å². The number of ether oxygens (including phenoxy) is 2. The van der Waals surface area contributed by atoms with Crippen LogP contribution in [0.3, 0.4) is 0 Å². The predicted molar refractivity (Wildman–Crippen MR) is 69.8 cm³/mol. The van der Waals surface area contributed by atoms with Gasteiger partial charge in [0, 0.05) is 6.54 Å². The van der Waals surface area contributed by atoms with E-state index in [0.29, 0.717) is 0 Å². The smallest absolute Gasteiger partial charge is 0.410 e. The molecule has 0 radical (unpaired) electrons. The van der Waals surface area contributed by atoms with Crippen LogP contribution < -0.4 is 0 Å². The van der Waals surface area contributed by atoms with Gasteiger partial charge in [0.1, 0.15) is 11.5 Å². The molecule has 0 aromatic rings. The molecule has 0 bridgehead atoms. The van der Waals surface area contributed by atoms with Crippen LogP contribution in [0.5, 0.6) is 0 Å². The maximum Gasteiger partial charge on any atom is 0.410 e. The molecule has 0 N–H and O–H groups in total. The van der Waals surface area contributed by atoms with Gasteiger partial charge in [-0.25, -0.2) is 4.79 Å². The van der Waals surface area contributed by atoms with E-state index in [1.54, 1.807) is 27.7 Å². The molecule has 1 spiro atoms. The fraction of sp³-hybridized carbons (Fsp3) is 0.786. The molecule has 110 valence electrons. The Labute approximate surface area is 118 Å². The Bertz CT molecular complexity index is 471. The number of carbonyl (C=O) groups is 2. The van der Waals surface area contributed by atoms with Gasteiger partial charge in [0.25, 0.3) is 0 Å². The Morgan fingerprint density at radius 3 is 2.50 bits per heavy atom. The van der Waals surface area contributed by atoms with Gasteiger partial charge in [-0.1, -0.05) is 0 Å². The van der Waals surface area contributed by atoms with Crippen molar-refractivity contribution in [2.75, 3.05) is 19.8 Å². The third-order valence-electron chi connectivity index (χ3n) is 3.78. The number of carbonyl (C=O) groups excluding carboxylic acids is 2. The van der Waals surface area contributed by atoms with Gasteiger partial charge in [0.2, 0.25) is 0 Å². The number of ketones is 1. The van der Waals surface area contributed by atoms with Crippen molar-refractivity contribution in [1.82, 2.24) is 4.90 Å². The number of amides is 1. The van der Waals surface area contributed by atoms with E-state index in [9.17, 15) is 14.9 Å². The third-order valence-corrected chi connectivity index (χ3v) is 3.78. The molecule has 2 fully saturated rings. The molecule has 0 aromatic carbocycles. The summed E-state index contributed by atoms with van der Waals surface area (Å²) in [5, 5.41) is 9.23. The number of hydrogen-bond donors (Lipinski definition) is 0. The summed E-state index contributed by atoms with van der Waals surface area (Å²) in [6, 6.07) is 1.54. The summed E-state index contributed by atoms with van der Waals surface area (Å²) in [7, 11) is 0. The summed E-state index contributed by atoms with van der Waals surface area (Å²) in [4.78, 5) is 26.1. The summed E-state index contributed by atoms with van der Waals surface area (Å²) in [6.07, 6.45) is -0.482. The standard InChI is InChI=1S/C14H20N2O4/c1-9-10(5-15)11(17)14(7-19-8-14)6-16(9)12(18)20-13(2,3)4/h9-10H,6-8H2,1-4H3/t9-,10?/m0/s1. The van der Waals surface area contributed by atoms with E-state index in [1.165, 1.54) is 4.90 Å². The van der Waals surface area contributed by atoms with Crippen LogP contribution in [-0.2, 0) is 14.3 Å². The summed E-state index contributed by atoms with van der Waals surface area (Å²) in [5.41, 5.74) is -1.33. The molecule has 1 amide bonds. The Balaban J connectivity index is 2.23. The van der Waals surface area contributed by atoms with Crippen LogP contribution in [0.15, 0.2) is 0 Å². The molecule has 0 aromatic heterocycles. The number of piperidine rings is 1. The number of nitrogens with zero attached hydrogens (tertiary/aromatic N) is 2. The van der Waals surface area contributed by atoms with Gasteiger partial charge in [0.15, 0.2) is 5.78 Å². The Morgan fingerprint density at radius 1 is 1.50 bits per heavy atom. The Morgan fingerprint density at radius 2 is 2.10 bits per heavy atom. The van der Waals surface area contributed by atoms with Crippen LogP contribution in [-0.4, -0.2) is 48.2 Å². The van der Waals surface area contributed by atoms with Gasteiger partial charge in [-0.2, -0.15) is 5.26 Å². The Kier molecular flexibility index (Phi) is 3.51. The van der Waals surface area contributed by atoms with Crippen LogP contribution in [0.2, 0.25) is 0 Å². The first-order valence-corrected chi connectivity index (χ1v) is 6.71. The van der Waals surface area contributed by atoms with Crippen LogP contribution in [0, 0.1) is 22.7 Å². The van der Waals surface area contributed by atoms with Crippen molar-refractivity contribution in [1.29, 1.82) is 5.26 Å². The summed E-state index contributed by atoms with van der Waals surface area (Å²) >= 11 is 0. The van der Waals surface area contributed by atoms with E-state index >= 15 is 0 Å². The number of hydrogen-bond acceptors (Lipinski definition) is 5. The van der Waals surface area contributed by atoms with E-state index in [1.807, 2.05) is 6.07 Å². The minimum absolute atomic E-state index is 0.112. The Hall–Kier alpha value is -1.61. The summed E-state index contributed by atoms with van der Waals surface area (Å²) in [5.74, 6) is -0.932. The molecular weight excluding hydrogens is 260 g/mol. The van der Waals surface area contributed by atoms with Crippen molar-refractivity contribution in [3.05, 3.63) is 0 Å². The zero-order valence-corrected chi connectivity index (χ0v) is 12.3. The van der Waals surface area contributed by atoms with Crippen molar-refractivity contribution in [3.63, 3.8) is 0 Å². The van der Waals surface area contributed by atoms with Crippen molar-refractivity contribution >= 4 is 11.9 Å². The number of nitriles is 1. The first kappa shape index (κ1) is 14.8. The maximum atomic E-state index is 12.3. The van der Waals surface area contributed by atoms with Gasteiger partial charge < -0.3 is 14.4 Å². The molecule has 20 heavy (non-hydrogen) atoms. The van der Waals surface area contributed by atoms with Gasteiger partial charge in [0.05, 0.1) is 30.7 Å². The van der Waals surface area contributed by atoms with Gasteiger partial charge >= 0.3 is 6.09 Å². The molecule has 2 rings (SSSR count). The lowest BCUT2D eigenvalue weighted by Crippen LogP contribution is -2.66. The highest BCUT2D eigenvalue weighted by atomic mass is 16.6. The van der Waals surface area contributed by atoms with Gasteiger partial charge in [-0.3, -0.25) is 4.79 Å². The van der Waals surface area contributed by atoms with Crippen molar-refractivity contribution in [3.8, 4) is 6.07 Å². The summed E-state index contributed by atoms with van der Waals surface area (Å²) < 4.78 is 10.5. The predicted octanol–water partition coefficient (Wildman–Crippen LogP) is 1.35. The fourth-order valence-electron chi connectivity index (χ4n) is 2.58. The maximum absolute atomic E-state index is 12.3. The highest BCUT2D eigenvalue weighted by Crippen LogP contribution is 2.39. The van der Waals surface area contributed by atoms with Crippen molar-refractivity contribution < 1.29 is 19.1 Å². The molecule has 2 atom stereocenters.